The van der Waals surface area contributed by atoms with Crippen molar-refractivity contribution in [3.05, 3.63) is 12.2 Å². The zero-order valence-corrected chi connectivity index (χ0v) is 13.3. The molecule has 2 unspecified atom stereocenters. The van der Waals surface area contributed by atoms with E-state index in [9.17, 15) is 0 Å². The molecular weight excluding hydrogens is 386 g/mol. The molecule has 2 aliphatic carbocycles. The van der Waals surface area contributed by atoms with Crippen molar-refractivity contribution >= 4 is 48.0 Å². The van der Waals surface area contributed by atoms with E-state index >= 15 is 0 Å². The molecule has 13 heavy (non-hydrogen) atoms. The molecule has 0 N–H and O–H groups in total. The highest BCUT2D eigenvalue weighted by atomic mass is 127. The smallest absolute Gasteiger partial charge is 0.0143 e. The zero-order valence-electron chi connectivity index (χ0n) is 8.67. The normalized spacial score (nSPS) is 39.2. The van der Waals surface area contributed by atoms with E-state index in [1.54, 1.807) is 0 Å². The maximum atomic E-state index is 2.45. The van der Waals surface area contributed by atoms with Crippen molar-refractivity contribution < 1.29 is 0 Å². The first kappa shape index (κ1) is 14.2. The molecule has 2 heteroatoms. The highest BCUT2D eigenvalue weighted by Gasteiger charge is 2.43. The average Bonchev–Trinajstić information content (AvgIpc) is 2.25. The molecule has 0 aromatic carbocycles. The van der Waals surface area contributed by atoms with Crippen molar-refractivity contribution in [3.63, 3.8) is 0 Å². The second-order valence-electron chi connectivity index (χ2n) is 5.25. The molecule has 2 rings (SSSR count). The molecule has 0 amide bonds. The van der Waals surface area contributed by atoms with E-state index in [2.05, 4.69) is 32.9 Å². The van der Waals surface area contributed by atoms with E-state index in [0.29, 0.717) is 10.8 Å². The monoisotopic (exact) mass is 406 g/mol. The third kappa shape index (κ3) is 2.61. The Hall–Kier alpha value is 1.20. The molecule has 1 saturated carbocycles. The minimum Gasteiger partial charge on any atom is -0.107 e. The molecule has 0 radical (unpaired) electrons. The van der Waals surface area contributed by atoms with Gasteiger partial charge in [0.2, 0.25) is 0 Å². The van der Waals surface area contributed by atoms with E-state index in [1.807, 2.05) is 0 Å². The van der Waals surface area contributed by atoms with Crippen LogP contribution in [0.25, 0.3) is 0 Å². The van der Waals surface area contributed by atoms with Gasteiger partial charge in [0.1, 0.15) is 0 Å². The largest absolute Gasteiger partial charge is 0.107 e. The minimum absolute atomic E-state index is 0. The standard InChI is InChI=1S/C11H18.2HI/c1-10(2)6-7-11(3)5-4-9(10)8-11;;/h6-7,9H,4-5,8H2,1-3H3;2*1H. The van der Waals surface area contributed by atoms with Crippen LogP contribution in [0.5, 0.6) is 0 Å². The Morgan fingerprint density at radius 2 is 1.69 bits per heavy atom. The van der Waals surface area contributed by atoms with Gasteiger partial charge >= 0.3 is 0 Å². The van der Waals surface area contributed by atoms with Gasteiger partial charge in [-0.05, 0) is 36.0 Å². The molecule has 0 saturated heterocycles. The van der Waals surface area contributed by atoms with Crippen LogP contribution < -0.4 is 0 Å². The Labute approximate surface area is 116 Å². The van der Waals surface area contributed by atoms with Crippen molar-refractivity contribution in [2.24, 2.45) is 16.7 Å². The summed E-state index contributed by atoms with van der Waals surface area (Å²) < 4.78 is 0. The van der Waals surface area contributed by atoms with Gasteiger partial charge < -0.3 is 0 Å². The molecule has 0 aromatic heterocycles. The van der Waals surface area contributed by atoms with Gasteiger partial charge in [-0.15, -0.1) is 48.0 Å². The summed E-state index contributed by atoms with van der Waals surface area (Å²) in [6.07, 6.45) is 9.18. The Kier molecular flexibility index (Phi) is 4.77. The predicted molar refractivity (Wildman–Crippen MR) is 79.2 cm³/mol. The third-order valence-electron chi connectivity index (χ3n) is 3.74. The van der Waals surface area contributed by atoms with Crippen LogP contribution in [0.3, 0.4) is 0 Å². The number of hydrogen-bond donors (Lipinski definition) is 0. The van der Waals surface area contributed by atoms with Crippen molar-refractivity contribution in [2.75, 3.05) is 0 Å². The first-order valence-corrected chi connectivity index (χ1v) is 4.72. The summed E-state index contributed by atoms with van der Waals surface area (Å²) in [7, 11) is 0. The van der Waals surface area contributed by atoms with Crippen LogP contribution in [0.4, 0.5) is 0 Å². The van der Waals surface area contributed by atoms with E-state index in [1.165, 1.54) is 19.3 Å². The van der Waals surface area contributed by atoms with Crippen LogP contribution in [0, 0.1) is 16.7 Å². The molecule has 0 heterocycles. The van der Waals surface area contributed by atoms with Gasteiger partial charge in [-0.25, -0.2) is 0 Å². The number of rotatable bonds is 0. The van der Waals surface area contributed by atoms with Crippen LogP contribution >= 0.6 is 48.0 Å². The van der Waals surface area contributed by atoms with Gasteiger partial charge in [0.15, 0.2) is 0 Å². The summed E-state index contributed by atoms with van der Waals surface area (Å²) in [6.45, 7) is 7.15. The number of allylic oxidation sites excluding steroid dienone is 2. The highest BCUT2D eigenvalue weighted by molar-refractivity contribution is 14.0. The maximum Gasteiger partial charge on any atom is -0.0143 e. The van der Waals surface area contributed by atoms with Crippen molar-refractivity contribution in [2.45, 2.75) is 40.0 Å². The SMILES string of the molecule is CC12C=CC(C)(C)C(CC1)C2.I.I. The van der Waals surface area contributed by atoms with Crippen LogP contribution in [-0.2, 0) is 0 Å². The average molecular weight is 406 g/mol. The van der Waals surface area contributed by atoms with Crippen molar-refractivity contribution in [3.8, 4) is 0 Å². The third-order valence-corrected chi connectivity index (χ3v) is 3.74. The quantitative estimate of drug-likeness (QED) is 0.407. The lowest BCUT2D eigenvalue weighted by Crippen LogP contribution is -2.25. The van der Waals surface area contributed by atoms with Gasteiger partial charge in [0.05, 0.1) is 0 Å². The fraction of sp³-hybridized carbons (Fsp3) is 0.818. The van der Waals surface area contributed by atoms with Gasteiger partial charge in [-0.1, -0.05) is 32.9 Å². The number of hydrogen-bond acceptors (Lipinski definition) is 0. The summed E-state index contributed by atoms with van der Waals surface area (Å²) in [5.41, 5.74) is 1.05. The number of halogens is 2. The summed E-state index contributed by atoms with van der Waals surface area (Å²) in [6, 6.07) is 0. The second-order valence-corrected chi connectivity index (χ2v) is 5.25. The van der Waals surface area contributed by atoms with E-state index in [-0.39, 0.29) is 48.0 Å². The summed E-state index contributed by atoms with van der Waals surface area (Å²) >= 11 is 0. The molecule has 0 spiro atoms. The number of fused-ring (bicyclic) bond motifs is 2. The summed E-state index contributed by atoms with van der Waals surface area (Å²) in [5, 5.41) is 0. The fourth-order valence-corrected chi connectivity index (χ4v) is 2.61. The van der Waals surface area contributed by atoms with Crippen LogP contribution in [0.1, 0.15) is 40.0 Å². The van der Waals surface area contributed by atoms with Crippen LogP contribution in [-0.4, -0.2) is 0 Å². The van der Waals surface area contributed by atoms with E-state index < -0.39 is 0 Å². The van der Waals surface area contributed by atoms with Crippen LogP contribution in [0.2, 0.25) is 0 Å². The lowest BCUT2D eigenvalue weighted by Gasteiger charge is -2.34. The van der Waals surface area contributed by atoms with Crippen molar-refractivity contribution in [1.29, 1.82) is 0 Å². The molecular formula is C11H20I2. The lowest BCUT2D eigenvalue weighted by molar-refractivity contribution is 0.247. The Bertz CT molecular complexity index is 208. The van der Waals surface area contributed by atoms with E-state index in [4.69, 9.17) is 0 Å². The van der Waals surface area contributed by atoms with Crippen molar-refractivity contribution in [1.82, 2.24) is 0 Å². The predicted octanol–water partition coefficient (Wildman–Crippen LogP) is 4.62. The fourth-order valence-electron chi connectivity index (χ4n) is 2.61. The Balaban J connectivity index is 0.000000720. The first-order valence-electron chi connectivity index (χ1n) is 4.72. The highest BCUT2D eigenvalue weighted by Crippen LogP contribution is 2.54. The zero-order chi connectivity index (χ0) is 8.11. The molecule has 2 bridgehead atoms. The second kappa shape index (κ2) is 4.37. The van der Waals surface area contributed by atoms with Gasteiger partial charge in [-0.3, -0.25) is 0 Å². The molecule has 2 aliphatic rings. The lowest BCUT2D eigenvalue weighted by atomic mass is 9.70. The van der Waals surface area contributed by atoms with E-state index in [0.717, 1.165) is 5.92 Å². The minimum atomic E-state index is 0. The molecule has 0 nitrogen and oxygen atoms in total. The molecule has 0 aromatic rings. The summed E-state index contributed by atoms with van der Waals surface area (Å²) in [5.74, 6) is 0.956. The molecule has 78 valence electrons. The maximum absolute atomic E-state index is 2.45. The van der Waals surface area contributed by atoms with Gasteiger partial charge in [0, 0.05) is 0 Å². The Morgan fingerprint density at radius 3 is 2.23 bits per heavy atom. The van der Waals surface area contributed by atoms with Crippen LogP contribution in [0.15, 0.2) is 12.2 Å². The Morgan fingerprint density at radius 1 is 1.08 bits per heavy atom. The summed E-state index contributed by atoms with van der Waals surface area (Å²) in [4.78, 5) is 0. The van der Waals surface area contributed by atoms with Gasteiger partial charge in [-0.2, -0.15) is 0 Å². The molecule has 2 atom stereocenters. The van der Waals surface area contributed by atoms with Gasteiger partial charge in [0.25, 0.3) is 0 Å². The first-order chi connectivity index (χ1) is 5.02. The molecule has 0 aliphatic heterocycles. The molecule has 1 fully saturated rings. The topological polar surface area (TPSA) is 0 Å².